The van der Waals surface area contributed by atoms with Gasteiger partial charge in [-0.25, -0.2) is 4.79 Å². The molecule has 0 aliphatic carbocycles. The Hall–Kier alpha value is -2.10. The molecular weight excluding hydrogens is 330 g/mol. The number of carbonyl (C=O) groups is 1. The number of hydrogen-bond donors (Lipinski definition) is 1. The number of nitrogens with zero attached hydrogens (tertiary/aromatic N) is 3. The number of carbonyl (C=O) groups excluding carboxylic acids is 1. The number of hydrogen-bond acceptors (Lipinski definition) is 5. The summed E-state index contributed by atoms with van der Waals surface area (Å²) in [4.78, 5) is 16.1. The van der Waals surface area contributed by atoms with Crippen LogP contribution in [0.1, 0.15) is 38.3 Å². The fraction of sp³-hybridized carbons (Fsp3) is 0.600. The van der Waals surface area contributed by atoms with Gasteiger partial charge in [0, 0.05) is 25.6 Å². The van der Waals surface area contributed by atoms with Crippen LogP contribution >= 0.6 is 0 Å². The van der Waals surface area contributed by atoms with E-state index in [9.17, 15) is 9.90 Å². The molecule has 1 aromatic carbocycles. The lowest BCUT2D eigenvalue weighted by molar-refractivity contribution is -0.0854. The molecule has 2 atom stereocenters. The molecule has 1 fully saturated rings. The summed E-state index contributed by atoms with van der Waals surface area (Å²) >= 11 is 0. The number of rotatable bonds is 3. The van der Waals surface area contributed by atoms with E-state index in [2.05, 4.69) is 6.07 Å². The van der Waals surface area contributed by atoms with Crippen molar-refractivity contribution in [1.29, 1.82) is 5.26 Å². The molecule has 1 heterocycles. The lowest BCUT2D eigenvalue weighted by atomic mass is 9.75. The Labute approximate surface area is 156 Å². The zero-order valence-electron chi connectivity index (χ0n) is 16.3. The predicted molar refractivity (Wildman–Crippen MR) is 99.5 cm³/mol. The average molecular weight is 359 g/mol. The highest BCUT2D eigenvalue weighted by Gasteiger charge is 2.44. The van der Waals surface area contributed by atoms with Gasteiger partial charge in [0.25, 0.3) is 0 Å². The van der Waals surface area contributed by atoms with Crippen molar-refractivity contribution in [2.75, 3.05) is 33.7 Å². The van der Waals surface area contributed by atoms with Gasteiger partial charge in [-0.2, -0.15) is 5.26 Å². The molecule has 0 saturated carbocycles. The van der Waals surface area contributed by atoms with Crippen molar-refractivity contribution in [1.82, 2.24) is 9.80 Å². The van der Waals surface area contributed by atoms with Crippen molar-refractivity contribution in [2.24, 2.45) is 5.92 Å². The van der Waals surface area contributed by atoms with E-state index in [4.69, 9.17) is 10.00 Å². The largest absolute Gasteiger partial charge is 0.444 e. The van der Waals surface area contributed by atoms with Crippen molar-refractivity contribution in [3.05, 3.63) is 35.4 Å². The molecule has 1 aromatic rings. The zero-order valence-corrected chi connectivity index (χ0v) is 16.3. The fourth-order valence-corrected chi connectivity index (χ4v) is 3.40. The van der Waals surface area contributed by atoms with Crippen LogP contribution in [0.25, 0.3) is 0 Å². The fourth-order valence-electron chi connectivity index (χ4n) is 3.40. The van der Waals surface area contributed by atoms with Crippen LogP contribution in [-0.4, -0.2) is 60.3 Å². The van der Waals surface area contributed by atoms with Gasteiger partial charge in [-0.1, -0.05) is 12.1 Å². The Kier molecular flexibility index (Phi) is 5.94. The number of benzene rings is 1. The summed E-state index contributed by atoms with van der Waals surface area (Å²) in [6.45, 7) is 6.96. The molecule has 0 radical (unpaired) electrons. The first-order chi connectivity index (χ1) is 12.0. The summed E-state index contributed by atoms with van der Waals surface area (Å²) in [6, 6.07) is 9.24. The molecule has 6 heteroatoms. The van der Waals surface area contributed by atoms with Gasteiger partial charge in [0.05, 0.1) is 17.2 Å². The summed E-state index contributed by atoms with van der Waals surface area (Å²) in [7, 11) is 3.89. The van der Waals surface area contributed by atoms with Gasteiger partial charge >= 0.3 is 6.09 Å². The Morgan fingerprint density at radius 2 is 2.15 bits per heavy atom. The first-order valence-corrected chi connectivity index (χ1v) is 8.91. The lowest BCUT2D eigenvalue weighted by Gasteiger charge is -2.46. The second-order valence-electron chi connectivity index (χ2n) is 8.25. The molecule has 1 aliphatic rings. The maximum absolute atomic E-state index is 12.5. The van der Waals surface area contributed by atoms with Crippen molar-refractivity contribution in [3.63, 3.8) is 0 Å². The highest BCUT2D eigenvalue weighted by atomic mass is 16.6. The van der Waals surface area contributed by atoms with Crippen molar-refractivity contribution in [3.8, 4) is 6.07 Å². The highest BCUT2D eigenvalue weighted by Crippen LogP contribution is 2.38. The quantitative estimate of drug-likeness (QED) is 0.897. The standard InChI is InChI=1S/C20H29N3O3/c1-19(2,3)26-18(24)23-10-9-20(25,17(14-23)13-22(4)5)16-8-6-7-15(11-16)12-21/h6-8,11,17,25H,9-10,13-14H2,1-5H3/t17-,20+/m0/s1. The first kappa shape index (κ1) is 20.2. The smallest absolute Gasteiger partial charge is 0.410 e. The van der Waals surface area contributed by atoms with Gasteiger partial charge < -0.3 is 19.6 Å². The Balaban J connectivity index is 2.28. The Bertz CT molecular complexity index is 690. The van der Waals surface area contributed by atoms with Crippen LogP contribution in [0.15, 0.2) is 24.3 Å². The van der Waals surface area contributed by atoms with Gasteiger partial charge in [-0.3, -0.25) is 0 Å². The molecule has 26 heavy (non-hydrogen) atoms. The number of aliphatic hydroxyl groups is 1. The summed E-state index contributed by atoms with van der Waals surface area (Å²) in [6.07, 6.45) is 0.0497. The zero-order chi connectivity index (χ0) is 19.5. The molecule has 1 aliphatic heterocycles. The van der Waals surface area contributed by atoms with E-state index < -0.39 is 11.2 Å². The van der Waals surface area contributed by atoms with E-state index >= 15 is 0 Å². The Morgan fingerprint density at radius 3 is 2.73 bits per heavy atom. The number of piperidine rings is 1. The maximum atomic E-state index is 12.5. The maximum Gasteiger partial charge on any atom is 0.410 e. The van der Waals surface area contributed by atoms with Crippen LogP contribution in [-0.2, 0) is 10.3 Å². The van der Waals surface area contributed by atoms with Crippen LogP contribution in [0.3, 0.4) is 0 Å². The molecule has 0 spiro atoms. The van der Waals surface area contributed by atoms with Gasteiger partial charge in [-0.05, 0) is 59.0 Å². The van der Waals surface area contributed by atoms with Gasteiger partial charge in [-0.15, -0.1) is 0 Å². The summed E-state index contributed by atoms with van der Waals surface area (Å²) in [5, 5.41) is 20.7. The second-order valence-corrected chi connectivity index (χ2v) is 8.25. The van der Waals surface area contributed by atoms with Gasteiger partial charge in [0.15, 0.2) is 0 Å². The molecule has 0 unspecified atom stereocenters. The number of amides is 1. The number of ether oxygens (including phenoxy) is 1. The third-order valence-corrected chi connectivity index (χ3v) is 4.61. The lowest BCUT2D eigenvalue weighted by Crippen LogP contribution is -2.55. The number of nitriles is 1. The van der Waals surface area contributed by atoms with Crippen molar-refractivity contribution in [2.45, 2.75) is 38.4 Å². The van der Waals surface area contributed by atoms with Gasteiger partial charge in [0.2, 0.25) is 0 Å². The molecule has 1 saturated heterocycles. The minimum atomic E-state index is -1.09. The van der Waals surface area contributed by atoms with E-state index in [1.165, 1.54) is 0 Å². The first-order valence-electron chi connectivity index (χ1n) is 8.91. The molecule has 142 valence electrons. The molecule has 0 bridgehead atoms. The molecule has 6 nitrogen and oxygen atoms in total. The van der Waals surface area contributed by atoms with E-state index in [-0.39, 0.29) is 12.0 Å². The summed E-state index contributed by atoms with van der Waals surface area (Å²) in [5.41, 5.74) is -0.389. The van der Waals surface area contributed by atoms with Crippen LogP contribution in [0.4, 0.5) is 4.79 Å². The molecule has 2 rings (SSSR count). The molecular formula is C20H29N3O3. The van der Waals surface area contributed by atoms with Crippen LogP contribution in [0.2, 0.25) is 0 Å². The van der Waals surface area contributed by atoms with E-state index in [0.29, 0.717) is 31.6 Å². The van der Waals surface area contributed by atoms with Crippen LogP contribution < -0.4 is 0 Å². The van der Waals surface area contributed by atoms with Crippen molar-refractivity contribution >= 4 is 6.09 Å². The number of likely N-dealkylation sites (tertiary alicyclic amines) is 1. The van der Waals surface area contributed by atoms with Crippen LogP contribution in [0.5, 0.6) is 0 Å². The second kappa shape index (κ2) is 7.65. The highest BCUT2D eigenvalue weighted by molar-refractivity contribution is 5.68. The third-order valence-electron chi connectivity index (χ3n) is 4.61. The minimum absolute atomic E-state index is 0.187. The molecule has 1 amide bonds. The minimum Gasteiger partial charge on any atom is -0.444 e. The van der Waals surface area contributed by atoms with E-state index in [0.717, 1.165) is 5.56 Å². The Morgan fingerprint density at radius 1 is 1.46 bits per heavy atom. The normalized spacial score (nSPS) is 23.6. The molecule has 0 aromatic heterocycles. The van der Waals surface area contributed by atoms with Gasteiger partial charge in [0.1, 0.15) is 5.60 Å². The topological polar surface area (TPSA) is 76.8 Å². The summed E-state index contributed by atoms with van der Waals surface area (Å²) in [5.74, 6) is -0.187. The van der Waals surface area contributed by atoms with Crippen molar-refractivity contribution < 1.29 is 14.6 Å². The predicted octanol–water partition coefficient (Wildman–Crippen LogP) is 2.56. The van der Waals surface area contributed by atoms with E-state index in [1.54, 1.807) is 23.1 Å². The SMILES string of the molecule is CN(C)C[C@H]1CN(C(=O)OC(C)(C)C)CC[C@@]1(O)c1cccc(C#N)c1. The van der Waals surface area contributed by atoms with Crippen LogP contribution in [0, 0.1) is 17.2 Å². The monoisotopic (exact) mass is 359 g/mol. The van der Waals surface area contributed by atoms with E-state index in [1.807, 2.05) is 45.8 Å². The average Bonchev–Trinajstić information content (AvgIpc) is 2.55. The molecule has 1 N–H and O–H groups in total. The summed E-state index contributed by atoms with van der Waals surface area (Å²) < 4.78 is 5.49. The third kappa shape index (κ3) is 4.75.